The van der Waals surface area contributed by atoms with Crippen LogP contribution in [0.1, 0.15) is 44.8 Å². The van der Waals surface area contributed by atoms with Gasteiger partial charge in [-0.1, -0.05) is 13.8 Å². The van der Waals surface area contributed by atoms with Gasteiger partial charge in [0.05, 0.1) is 44.4 Å². The van der Waals surface area contributed by atoms with E-state index >= 15 is 0 Å². The summed E-state index contributed by atoms with van der Waals surface area (Å²) in [5.74, 6) is -2.26. The Labute approximate surface area is 225 Å². The molecule has 2 aliphatic carbocycles. The average Bonchev–Trinajstić information content (AvgIpc) is 3.45. The van der Waals surface area contributed by atoms with Gasteiger partial charge in [-0.3, -0.25) is 4.79 Å². The first kappa shape index (κ1) is 28.2. The molecular formula is C27H36O12. The number of cyclic esters (lactones) is 1. The summed E-state index contributed by atoms with van der Waals surface area (Å²) in [6.07, 6.45) is -4.72. The first-order valence-corrected chi connectivity index (χ1v) is 13.1. The number of rotatable bonds is 5. The standard InChI is InChI=1S/C27H36O12/c1-26-9-16(12-4-5-36-11-12)38-24(34)14(26)8-19(29)27(2)15(23(33)35-3)6-13(7-18(26)27)37-25-22(32)21(31)20(30)17(10-28)39-25/h4-6,11,13-14,16-22,25,28-32H,7-10H2,1-3H3. The number of aliphatic hydroxyl groups excluding tert-OH is 5. The minimum atomic E-state index is -1.64. The SMILES string of the molecule is COC(=O)C1=CC(OC2OC(CO)C(O)C(O)C2O)CC2C3(C)CC(c4ccoc4)OC(=O)C3CC(O)C12C. The normalized spacial score (nSPS) is 45.9. The topological polar surface area (TPSA) is 185 Å². The highest BCUT2D eigenvalue weighted by molar-refractivity contribution is 5.91. The van der Waals surface area contributed by atoms with Gasteiger partial charge in [-0.25, -0.2) is 4.79 Å². The molecule has 1 saturated carbocycles. The van der Waals surface area contributed by atoms with E-state index < -0.39 is 90.2 Å². The van der Waals surface area contributed by atoms with Gasteiger partial charge in [0.1, 0.15) is 30.5 Å². The van der Waals surface area contributed by atoms with Gasteiger partial charge < -0.3 is 48.9 Å². The fourth-order valence-corrected chi connectivity index (χ4v) is 7.25. The van der Waals surface area contributed by atoms with E-state index in [1.54, 1.807) is 13.0 Å². The molecule has 5 rings (SSSR count). The molecule has 12 nitrogen and oxygen atoms in total. The number of ether oxygens (including phenoxy) is 4. The molecule has 0 aromatic carbocycles. The van der Waals surface area contributed by atoms with Crippen molar-refractivity contribution in [1.29, 1.82) is 0 Å². The van der Waals surface area contributed by atoms with E-state index in [-0.39, 0.29) is 18.4 Å². The van der Waals surface area contributed by atoms with Gasteiger partial charge in [-0.15, -0.1) is 0 Å². The molecule has 1 aromatic rings. The fraction of sp³-hybridized carbons (Fsp3) is 0.704. The van der Waals surface area contributed by atoms with Crippen molar-refractivity contribution < 1.29 is 58.5 Å². The lowest BCUT2D eigenvalue weighted by Crippen LogP contribution is -2.63. The number of hydrogen-bond donors (Lipinski definition) is 5. The first-order valence-electron chi connectivity index (χ1n) is 13.1. The Kier molecular flexibility index (Phi) is 7.42. The molecule has 216 valence electrons. The highest BCUT2D eigenvalue weighted by atomic mass is 16.7. The number of methoxy groups -OCH3 is 1. The number of hydrogen-bond acceptors (Lipinski definition) is 12. The average molecular weight is 553 g/mol. The molecule has 12 atom stereocenters. The minimum Gasteiger partial charge on any atom is -0.472 e. The molecule has 5 N–H and O–H groups in total. The second-order valence-corrected chi connectivity index (χ2v) is 11.5. The van der Waals surface area contributed by atoms with E-state index in [1.807, 2.05) is 6.92 Å². The zero-order chi connectivity index (χ0) is 28.3. The molecule has 1 aromatic heterocycles. The Hall–Kier alpha value is -2.32. The number of esters is 2. The van der Waals surface area contributed by atoms with Crippen LogP contribution in [0.5, 0.6) is 0 Å². The van der Waals surface area contributed by atoms with Crippen LogP contribution in [0.2, 0.25) is 0 Å². The van der Waals surface area contributed by atoms with Crippen LogP contribution in [-0.4, -0.2) is 94.1 Å². The molecule has 2 saturated heterocycles. The van der Waals surface area contributed by atoms with Crippen molar-refractivity contribution in [2.45, 2.75) is 82.1 Å². The maximum absolute atomic E-state index is 13.3. The molecule has 0 amide bonds. The number of carbonyl (C=O) groups is 2. The Bertz CT molecular complexity index is 1100. The largest absolute Gasteiger partial charge is 0.472 e. The predicted octanol–water partition coefficient (Wildman–Crippen LogP) is -0.0346. The van der Waals surface area contributed by atoms with Gasteiger partial charge in [-0.05, 0) is 42.7 Å². The Balaban J connectivity index is 1.52. The molecule has 0 bridgehead atoms. The Morgan fingerprint density at radius 2 is 1.87 bits per heavy atom. The van der Waals surface area contributed by atoms with Crippen molar-refractivity contribution in [3.05, 3.63) is 35.8 Å². The van der Waals surface area contributed by atoms with Crippen molar-refractivity contribution >= 4 is 11.9 Å². The van der Waals surface area contributed by atoms with Crippen molar-refractivity contribution in [3.8, 4) is 0 Å². The van der Waals surface area contributed by atoms with Gasteiger partial charge in [0, 0.05) is 16.6 Å². The smallest absolute Gasteiger partial charge is 0.334 e. The van der Waals surface area contributed by atoms with Gasteiger partial charge in [0.2, 0.25) is 0 Å². The Morgan fingerprint density at radius 3 is 2.51 bits per heavy atom. The highest BCUT2D eigenvalue weighted by Gasteiger charge is 2.66. The van der Waals surface area contributed by atoms with Gasteiger partial charge in [0.25, 0.3) is 0 Å². The third kappa shape index (κ3) is 4.42. The number of aliphatic hydroxyl groups is 5. The van der Waals surface area contributed by atoms with Crippen molar-refractivity contribution in [2.75, 3.05) is 13.7 Å². The lowest BCUT2D eigenvalue weighted by atomic mass is 9.44. The quantitative estimate of drug-likeness (QED) is 0.308. The molecular weight excluding hydrogens is 516 g/mol. The van der Waals surface area contributed by atoms with E-state index in [9.17, 15) is 35.1 Å². The molecule has 4 aliphatic rings. The molecule has 0 radical (unpaired) electrons. The second-order valence-electron chi connectivity index (χ2n) is 11.5. The first-order chi connectivity index (χ1) is 18.4. The zero-order valence-corrected chi connectivity index (χ0v) is 22.0. The minimum absolute atomic E-state index is 0.0903. The second kappa shape index (κ2) is 10.3. The van der Waals surface area contributed by atoms with Crippen LogP contribution >= 0.6 is 0 Å². The molecule has 39 heavy (non-hydrogen) atoms. The molecule has 12 unspecified atom stereocenters. The molecule has 12 heteroatoms. The predicted molar refractivity (Wildman–Crippen MR) is 129 cm³/mol. The summed E-state index contributed by atoms with van der Waals surface area (Å²) in [5.41, 5.74) is -0.992. The van der Waals surface area contributed by atoms with Crippen molar-refractivity contribution in [3.63, 3.8) is 0 Å². The lowest BCUT2D eigenvalue weighted by Gasteiger charge is -2.61. The van der Waals surface area contributed by atoms with Crippen LogP contribution in [-0.2, 0) is 28.5 Å². The lowest BCUT2D eigenvalue weighted by molar-refractivity contribution is -0.311. The van der Waals surface area contributed by atoms with Crippen molar-refractivity contribution in [2.24, 2.45) is 22.7 Å². The molecule has 3 heterocycles. The summed E-state index contributed by atoms with van der Waals surface area (Å²) >= 11 is 0. The van der Waals surface area contributed by atoms with Gasteiger partial charge in [-0.2, -0.15) is 0 Å². The molecule has 2 aliphatic heterocycles. The number of furan rings is 1. The van der Waals surface area contributed by atoms with Gasteiger partial charge in [0.15, 0.2) is 6.29 Å². The maximum atomic E-state index is 13.3. The van der Waals surface area contributed by atoms with Crippen LogP contribution in [0.15, 0.2) is 34.7 Å². The number of carbonyl (C=O) groups excluding carboxylic acids is 2. The van der Waals surface area contributed by atoms with E-state index in [0.717, 1.165) is 0 Å². The van der Waals surface area contributed by atoms with E-state index in [0.29, 0.717) is 12.0 Å². The number of fused-ring (bicyclic) bond motifs is 3. The Morgan fingerprint density at radius 1 is 1.13 bits per heavy atom. The summed E-state index contributed by atoms with van der Waals surface area (Å²) in [6, 6.07) is 1.73. The van der Waals surface area contributed by atoms with Crippen LogP contribution in [0.25, 0.3) is 0 Å². The third-order valence-electron chi connectivity index (χ3n) is 9.51. The highest BCUT2D eigenvalue weighted by Crippen LogP contribution is 2.65. The van der Waals surface area contributed by atoms with Crippen LogP contribution < -0.4 is 0 Å². The van der Waals surface area contributed by atoms with Crippen molar-refractivity contribution in [1.82, 2.24) is 0 Å². The monoisotopic (exact) mass is 552 g/mol. The van der Waals surface area contributed by atoms with E-state index in [1.165, 1.54) is 25.7 Å². The maximum Gasteiger partial charge on any atom is 0.334 e. The zero-order valence-electron chi connectivity index (χ0n) is 22.0. The van der Waals surface area contributed by atoms with E-state index in [2.05, 4.69) is 0 Å². The van der Waals surface area contributed by atoms with Crippen LogP contribution in [0.3, 0.4) is 0 Å². The summed E-state index contributed by atoms with van der Waals surface area (Å²) in [5, 5.41) is 51.9. The van der Waals surface area contributed by atoms with Crippen LogP contribution in [0.4, 0.5) is 0 Å². The fourth-order valence-electron chi connectivity index (χ4n) is 7.25. The molecule has 3 fully saturated rings. The summed E-state index contributed by atoms with van der Waals surface area (Å²) in [7, 11) is 1.23. The summed E-state index contributed by atoms with van der Waals surface area (Å²) < 4.78 is 27.6. The summed E-state index contributed by atoms with van der Waals surface area (Å²) in [6.45, 7) is 3.11. The van der Waals surface area contributed by atoms with Gasteiger partial charge >= 0.3 is 11.9 Å². The summed E-state index contributed by atoms with van der Waals surface area (Å²) in [4.78, 5) is 26.4. The molecule has 0 spiro atoms. The van der Waals surface area contributed by atoms with E-state index in [4.69, 9.17) is 23.4 Å². The van der Waals surface area contributed by atoms with Crippen LogP contribution in [0, 0.1) is 22.7 Å². The third-order valence-corrected chi connectivity index (χ3v) is 9.51.